The largest absolute Gasteiger partial charge is 0.289 e. The number of benzene rings is 4. The minimum atomic E-state index is -1.87. The molecule has 0 aliphatic rings. The summed E-state index contributed by atoms with van der Waals surface area (Å²) in [5.74, 6) is 0. The lowest BCUT2D eigenvalue weighted by molar-refractivity contribution is 0.103. The van der Waals surface area contributed by atoms with Crippen molar-refractivity contribution < 1.29 is 19.2 Å². The first-order valence-electron chi connectivity index (χ1n) is 13.2. The van der Waals surface area contributed by atoms with Crippen LogP contribution in [0.1, 0.15) is 63.7 Å². The molecule has 0 saturated heterocycles. The highest BCUT2D eigenvalue weighted by Crippen LogP contribution is 2.51. The molecule has 0 fully saturated rings. The zero-order valence-corrected chi connectivity index (χ0v) is 25.0. The summed E-state index contributed by atoms with van der Waals surface area (Å²) in [6, 6.07) is 29.0. The third-order valence-corrected chi connectivity index (χ3v) is 11.6. The number of rotatable bonds is 11. The lowest BCUT2D eigenvalue weighted by atomic mass is 10.1. The Bertz CT molecular complexity index is 1360. The van der Waals surface area contributed by atoms with Gasteiger partial charge in [0.05, 0.1) is 0 Å². The summed E-state index contributed by atoms with van der Waals surface area (Å²) >= 11 is 0. The van der Waals surface area contributed by atoms with Crippen LogP contribution in [0.2, 0.25) is 0 Å². The van der Waals surface area contributed by atoms with E-state index in [1.165, 1.54) is 0 Å². The third-order valence-electron chi connectivity index (χ3n) is 7.03. The van der Waals surface area contributed by atoms with Crippen molar-refractivity contribution in [1.29, 1.82) is 0 Å². The quantitative estimate of drug-likeness (QED) is 0.171. The van der Waals surface area contributed by atoms with Crippen LogP contribution in [0.4, 0.5) is 0 Å². The van der Waals surface area contributed by atoms with E-state index >= 15 is 0 Å². The van der Waals surface area contributed by atoms with Gasteiger partial charge in [-0.2, -0.15) is 0 Å². The molecular weight excluding hydrogens is 534 g/mol. The molecule has 0 saturated carbocycles. The van der Waals surface area contributed by atoms with Crippen molar-refractivity contribution in [3.05, 3.63) is 142 Å². The predicted molar refractivity (Wildman–Crippen MR) is 166 cm³/mol. The molecule has 4 rings (SSSR count). The SMILES string of the molecule is Cc1ccccc1C(=O)P(CCP(C(=O)c1ccccc1C)C(=O)c1ccccc1C)C(=O)c1ccccc1C. The molecule has 4 aromatic rings. The van der Waals surface area contributed by atoms with Gasteiger partial charge >= 0.3 is 0 Å². The van der Waals surface area contributed by atoms with Gasteiger partial charge in [-0.05, 0) is 62.3 Å². The van der Waals surface area contributed by atoms with Gasteiger partial charge in [-0.3, -0.25) is 19.2 Å². The van der Waals surface area contributed by atoms with Gasteiger partial charge in [-0.25, -0.2) is 0 Å². The van der Waals surface area contributed by atoms with E-state index < -0.39 is 15.8 Å². The normalized spacial score (nSPS) is 11.1. The van der Waals surface area contributed by atoms with Crippen LogP contribution < -0.4 is 0 Å². The Morgan fingerprint density at radius 1 is 0.400 bits per heavy atom. The smallest absolute Gasteiger partial charge is 0.192 e. The minimum Gasteiger partial charge on any atom is -0.289 e. The summed E-state index contributed by atoms with van der Waals surface area (Å²) < 4.78 is 0. The van der Waals surface area contributed by atoms with Crippen molar-refractivity contribution in [3.63, 3.8) is 0 Å². The number of aryl methyl sites for hydroxylation is 4. The lowest BCUT2D eigenvalue weighted by Gasteiger charge is -2.21. The Morgan fingerprint density at radius 2 is 0.600 bits per heavy atom. The van der Waals surface area contributed by atoms with Crippen LogP contribution in [-0.2, 0) is 0 Å². The van der Waals surface area contributed by atoms with Gasteiger partial charge in [0.1, 0.15) is 0 Å². The van der Waals surface area contributed by atoms with Gasteiger partial charge in [0, 0.05) is 38.1 Å². The van der Waals surface area contributed by atoms with E-state index in [9.17, 15) is 19.2 Å². The highest BCUT2D eigenvalue weighted by atomic mass is 31.1. The van der Waals surface area contributed by atoms with Crippen molar-refractivity contribution in [1.82, 2.24) is 0 Å². The Labute approximate surface area is 238 Å². The zero-order chi connectivity index (χ0) is 28.8. The van der Waals surface area contributed by atoms with Gasteiger partial charge in [-0.1, -0.05) is 97.1 Å². The maximum atomic E-state index is 13.9. The Hall–Kier alpha value is -3.58. The van der Waals surface area contributed by atoms with E-state index in [1.54, 1.807) is 48.5 Å². The molecule has 0 N–H and O–H groups in total. The molecule has 0 radical (unpaired) electrons. The molecule has 4 aromatic carbocycles. The van der Waals surface area contributed by atoms with Crippen molar-refractivity contribution in [2.75, 3.05) is 12.3 Å². The maximum Gasteiger partial charge on any atom is 0.192 e. The molecule has 6 heteroatoms. The minimum absolute atomic E-state index is 0.163. The van der Waals surface area contributed by atoms with Gasteiger partial charge < -0.3 is 0 Å². The Balaban J connectivity index is 1.75. The van der Waals surface area contributed by atoms with Gasteiger partial charge in [0.25, 0.3) is 0 Å². The molecule has 0 spiro atoms. The second-order valence-corrected chi connectivity index (χ2v) is 14.0. The van der Waals surface area contributed by atoms with E-state index in [0.717, 1.165) is 22.3 Å². The van der Waals surface area contributed by atoms with Crippen LogP contribution in [0.15, 0.2) is 97.1 Å². The Kier molecular flexibility index (Phi) is 9.69. The summed E-state index contributed by atoms with van der Waals surface area (Å²) in [7, 11) is -3.74. The van der Waals surface area contributed by atoms with E-state index in [-0.39, 0.29) is 34.4 Å². The topological polar surface area (TPSA) is 68.3 Å². The number of hydrogen-bond acceptors (Lipinski definition) is 4. The average Bonchev–Trinajstić information content (AvgIpc) is 2.95. The molecule has 0 bridgehead atoms. The second kappa shape index (κ2) is 13.2. The second-order valence-electron chi connectivity index (χ2n) is 9.78. The summed E-state index contributed by atoms with van der Waals surface area (Å²) in [5, 5.41) is 0. The molecular formula is C34H32O4P2. The van der Waals surface area contributed by atoms with Gasteiger partial charge in [0.2, 0.25) is 0 Å². The third kappa shape index (κ3) is 6.41. The molecule has 0 unspecified atom stereocenters. The first-order chi connectivity index (χ1) is 19.2. The lowest BCUT2D eigenvalue weighted by Crippen LogP contribution is -2.16. The zero-order valence-electron chi connectivity index (χ0n) is 23.2. The first kappa shape index (κ1) is 29.4. The molecule has 0 heterocycles. The van der Waals surface area contributed by atoms with Crippen molar-refractivity contribution >= 4 is 37.9 Å². The van der Waals surface area contributed by atoms with E-state index in [0.29, 0.717) is 22.3 Å². The van der Waals surface area contributed by atoms with Gasteiger partial charge in [-0.15, -0.1) is 0 Å². The molecule has 4 nitrogen and oxygen atoms in total. The summed E-state index contributed by atoms with van der Waals surface area (Å²) in [4.78, 5) is 55.8. The van der Waals surface area contributed by atoms with Crippen molar-refractivity contribution in [3.8, 4) is 0 Å². The summed E-state index contributed by atoms with van der Waals surface area (Å²) in [6.07, 6.45) is 0.327. The first-order valence-corrected chi connectivity index (χ1v) is 16.2. The van der Waals surface area contributed by atoms with E-state index in [1.807, 2.05) is 76.2 Å². The predicted octanol–water partition coefficient (Wildman–Crippen LogP) is 8.55. The molecule has 40 heavy (non-hydrogen) atoms. The number of hydrogen-bond donors (Lipinski definition) is 0. The molecule has 0 aliphatic carbocycles. The standard InChI is InChI=1S/C34H32O4P2/c1-23-13-5-9-17-27(23)31(35)39(32(36)28-18-10-6-14-24(28)2)21-22-40(33(37)29-19-11-7-15-25(29)3)34(38)30-20-12-8-16-26(30)4/h5-20H,21-22H2,1-4H3. The van der Waals surface area contributed by atoms with Crippen LogP contribution in [0, 0.1) is 27.7 Å². The summed E-state index contributed by atoms with van der Waals surface area (Å²) in [5.41, 5.74) is 4.35. The van der Waals surface area contributed by atoms with Crippen LogP contribution in [-0.4, -0.2) is 34.4 Å². The van der Waals surface area contributed by atoms with Crippen LogP contribution in [0.3, 0.4) is 0 Å². The fraction of sp³-hybridized carbons (Fsp3) is 0.176. The maximum absolute atomic E-state index is 13.9. The van der Waals surface area contributed by atoms with Crippen LogP contribution in [0.25, 0.3) is 0 Å². The molecule has 0 atom stereocenters. The van der Waals surface area contributed by atoms with Crippen LogP contribution in [0.5, 0.6) is 0 Å². The van der Waals surface area contributed by atoms with E-state index in [4.69, 9.17) is 0 Å². The summed E-state index contributed by atoms with van der Waals surface area (Å²) in [6.45, 7) is 7.43. The molecule has 0 aromatic heterocycles. The van der Waals surface area contributed by atoms with E-state index in [2.05, 4.69) is 0 Å². The molecule has 0 amide bonds. The monoisotopic (exact) mass is 566 g/mol. The fourth-order valence-electron chi connectivity index (χ4n) is 4.62. The van der Waals surface area contributed by atoms with Gasteiger partial charge in [0.15, 0.2) is 22.1 Å². The highest BCUT2D eigenvalue weighted by Gasteiger charge is 2.35. The number of carbonyl (C=O) groups is 4. The average molecular weight is 567 g/mol. The van der Waals surface area contributed by atoms with Crippen molar-refractivity contribution in [2.24, 2.45) is 0 Å². The highest BCUT2D eigenvalue weighted by molar-refractivity contribution is 7.93. The molecule has 202 valence electrons. The number of carbonyl (C=O) groups excluding carboxylic acids is 4. The molecule has 0 aliphatic heterocycles. The Morgan fingerprint density at radius 3 is 0.800 bits per heavy atom. The van der Waals surface area contributed by atoms with Crippen LogP contribution >= 0.6 is 15.8 Å². The van der Waals surface area contributed by atoms with Crippen molar-refractivity contribution in [2.45, 2.75) is 27.7 Å². The fourth-order valence-corrected chi connectivity index (χ4v) is 9.57.